The number of non-ortho nitro benzene ring substituents is 1. The van der Waals surface area contributed by atoms with Gasteiger partial charge in [-0.25, -0.2) is 4.79 Å². The molecule has 8 heteroatoms. The molecule has 0 unspecified atom stereocenters. The third-order valence-electron chi connectivity index (χ3n) is 5.76. The minimum Gasteiger partial charge on any atom is -0.507 e. The predicted molar refractivity (Wildman–Crippen MR) is 126 cm³/mol. The summed E-state index contributed by atoms with van der Waals surface area (Å²) in [7, 11) is 0. The Hall–Kier alpha value is -4.46. The van der Waals surface area contributed by atoms with Crippen LogP contribution < -0.4 is 10.9 Å². The number of aryl methyl sites for hydroxylation is 1. The lowest BCUT2D eigenvalue weighted by molar-refractivity contribution is -0.384. The molecule has 164 valence electrons. The maximum atomic E-state index is 12.1. The first-order valence-corrected chi connectivity index (χ1v) is 10.3. The summed E-state index contributed by atoms with van der Waals surface area (Å²) in [5, 5.41) is 26.3. The molecular formula is C25H19N3O5. The molecule has 1 atom stereocenters. The van der Waals surface area contributed by atoms with Gasteiger partial charge >= 0.3 is 5.63 Å². The van der Waals surface area contributed by atoms with Crippen molar-refractivity contribution < 1.29 is 14.4 Å². The summed E-state index contributed by atoms with van der Waals surface area (Å²) in [5.74, 6) is -0.0628. The summed E-state index contributed by atoms with van der Waals surface area (Å²) in [5.41, 5.74) is 3.39. The Kier molecular flexibility index (Phi) is 4.90. The standard InChI is InChI=1S/C25H19N3O5/c1-14-11-23(30)33-25-17(14)9-10-22(29)24(25)21-13-20(15-5-4-6-16(12-15)28(31)32)26-18-7-2-3-8-19(18)27-21/h2-12,20,26,29H,13H2,1H3/t20-/m1/s1. The SMILES string of the molecule is Cc1cc(=O)oc2c(C3=Nc4ccccc4N[C@@H](c4cccc([N+](=O)[O-])c4)C3)c(O)ccc12. The number of benzene rings is 3. The summed E-state index contributed by atoms with van der Waals surface area (Å²) < 4.78 is 5.52. The third kappa shape index (κ3) is 3.71. The second-order valence-corrected chi connectivity index (χ2v) is 7.91. The number of phenolic OH excluding ortho intramolecular Hbond substituents is 1. The van der Waals surface area contributed by atoms with Gasteiger partial charge in [0.2, 0.25) is 0 Å². The van der Waals surface area contributed by atoms with E-state index in [1.54, 1.807) is 25.1 Å². The van der Waals surface area contributed by atoms with Gasteiger partial charge in [0.15, 0.2) is 5.58 Å². The van der Waals surface area contributed by atoms with E-state index in [2.05, 4.69) is 5.32 Å². The number of nitro groups is 1. The number of rotatable bonds is 3. The average Bonchev–Trinajstić information content (AvgIpc) is 2.98. The first-order chi connectivity index (χ1) is 15.9. The smallest absolute Gasteiger partial charge is 0.336 e. The summed E-state index contributed by atoms with van der Waals surface area (Å²) in [6, 6.07) is 18.1. The van der Waals surface area contributed by atoms with Crippen LogP contribution in [0.2, 0.25) is 0 Å². The molecule has 0 radical (unpaired) electrons. The molecular weight excluding hydrogens is 422 g/mol. The highest BCUT2D eigenvalue weighted by Gasteiger charge is 2.26. The number of hydrogen-bond donors (Lipinski definition) is 2. The summed E-state index contributed by atoms with van der Waals surface area (Å²) in [4.78, 5) is 27.8. The lowest BCUT2D eigenvalue weighted by Gasteiger charge is -2.19. The molecule has 1 aliphatic rings. The number of para-hydroxylation sites is 2. The molecule has 5 rings (SSSR count). The molecule has 4 aromatic rings. The quantitative estimate of drug-likeness (QED) is 0.250. The first-order valence-electron chi connectivity index (χ1n) is 10.3. The van der Waals surface area contributed by atoms with Crippen LogP contribution in [0.1, 0.15) is 29.2 Å². The van der Waals surface area contributed by atoms with E-state index in [0.29, 0.717) is 34.3 Å². The van der Waals surface area contributed by atoms with E-state index in [0.717, 1.165) is 11.3 Å². The van der Waals surface area contributed by atoms with Crippen molar-refractivity contribution in [1.82, 2.24) is 0 Å². The van der Waals surface area contributed by atoms with Crippen molar-refractivity contribution in [3.63, 3.8) is 0 Å². The Morgan fingerprint density at radius 2 is 1.94 bits per heavy atom. The van der Waals surface area contributed by atoms with Crippen molar-refractivity contribution in [2.45, 2.75) is 19.4 Å². The van der Waals surface area contributed by atoms with Crippen LogP contribution in [0.25, 0.3) is 11.0 Å². The summed E-state index contributed by atoms with van der Waals surface area (Å²) in [6.07, 6.45) is 0.292. The molecule has 0 spiro atoms. The molecule has 0 amide bonds. The highest BCUT2D eigenvalue weighted by Crippen LogP contribution is 2.39. The number of phenols is 1. The highest BCUT2D eigenvalue weighted by molar-refractivity contribution is 6.13. The maximum absolute atomic E-state index is 12.1. The van der Waals surface area contributed by atoms with Gasteiger partial charge in [-0.2, -0.15) is 0 Å². The Balaban J connectivity index is 1.73. The van der Waals surface area contributed by atoms with E-state index in [1.165, 1.54) is 18.2 Å². The van der Waals surface area contributed by atoms with Crippen molar-refractivity contribution in [2.24, 2.45) is 4.99 Å². The topological polar surface area (TPSA) is 118 Å². The highest BCUT2D eigenvalue weighted by atomic mass is 16.6. The second kappa shape index (κ2) is 7.90. The predicted octanol–water partition coefficient (Wildman–Crippen LogP) is 5.39. The fraction of sp³-hybridized carbons (Fsp3) is 0.120. The monoisotopic (exact) mass is 441 g/mol. The number of anilines is 1. The number of nitro benzene ring substituents is 1. The van der Waals surface area contributed by atoms with E-state index < -0.39 is 10.5 Å². The van der Waals surface area contributed by atoms with Crippen molar-refractivity contribution in [1.29, 1.82) is 0 Å². The Labute approximate surface area is 188 Å². The molecule has 3 aromatic carbocycles. The van der Waals surface area contributed by atoms with Crippen LogP contribution >= 0.6 is 0 Å². The largest absolute Gasteiger partial charge is 0.507 e. The molecule has 0 saturated carbocycles. The lowest BCUT2D eigenvalue weighted by atomic mass is 9.94. The van der Waals surface area contributed by atoms with Gasteiger partial charge in [0, 0.05) is 30.0 Å². The molecule has 1 aromatic heterocycles. The van der Waals surface area contributed by atoms with Gasteiger partial charge in [0.05, 0.1) is 33.6 Å². The van der Waals surface area contributed by atoms with Crippen LogP contribution in [0, 0.1) is 17.0 Å². The maximum Gasteiger partial charge on any atom is 0.336 e. The van der Waals surface area contributed by atoms with Crippen molar-refractivity contribution in [2.75, 3.05) is 5.32 Å². The van der Waals surface area contributed by atoms with Crippen molar-refractivity contribution in [3.8, 4) is 5.75 Å². The second-order valence-electron chi connectivity index (χ2n) is 7.91. The van der Waals surface area contributed by atoms with Gasteiger partial charge < -0.3 is 14.8 Å². The first kappa shape index (κ1) is 20.4. The van der Waals surface area contributed by atoms with Crippen LogP contribution in [0.5, 0.6) is 5.75 Å². The molecule has 8 nitrogen and oxygen atoms in total. The van der Waals surface area contributed by atoms with Gasteiger partial charge in [-0.1, -0.05) is 24.3 Å². The molecule has 0 bridgehead atoms. The zero-order valence-corrected chi connectivity index (χ0v) is 17.6. The number of hydrogen-bond acceptors (Lipinski definition) is 7. The Bertz CT molecular complexity index is 1510. The van der Waals surface area contributed by atoms with E-state index in [1.807, 2.05) is 30.3 Å². The summed E-state index contributed by atoms with van der Waals surface area (Å²) >= 11 is 0. The van der Waals surface area contributed by atoms with E-state index in [9.17, 15) is 20.0 Å². The molecule has 1 aliphatic heterocycles. The number of fused-ring (bicyclic) bond motifs is 2. The summed E-state index contributed by atoms with van der Waals surface area (Å²) in [6.45, 7) is 1.80. The molecule has 33 heavy (non-hydrogen) atoms. The van der Waals surface area contributed by atoms with Crippen LogP contribution in [0.4, 0.5) is 17.1 Å². The zero-order valence-electron chi connectivity index (χ0n) is 17.6. The minimum absolute atomic E-state index is 0.0139. The van der Waals surface area contributed by atoms with Crippen LogP contribution in [0.3, 0.4) is 0 Å². The van der Waals surface area contributed by atoms with Crippen molar-refractivity contribution in [3.05, 3.63) is 104 Å². The van der Waals surface area contributed by atoms with E-state index in [4.69, 9.17) is 9.41 Å². The number of nitrogens with one attached hydrogen (secondary N) is 1. The molecule has 0 aliphatic carbocycles. The van der Waals surface area contributed by atoms with E-state index in [-0.39, 0.29) is 23.1 Å². The average molecular weight is 441 g/mol. The van der Waals surface area contributed by atoms with Gasteiger partial charge in [0.25, 0.3) is 5.69 Å². The Morgan fingerprint density at radius 3 is 2.76 bits per heavy atom. The van der Waals surface area contributed by atoms with Gasteiger partial charge in [-0.3, -0.25) is 15.1 Å². The van der Waals surface area contributed by atoms with Crippen LogP contribution in [-0.4, -0.2) is 15.7 Å². The normalized spacial score (nSPS) is 15.3. The van der Waals surface area contributed by atoms with Crippen molar-refractivity contribution >= 4 is 33.7 Å². The number of aromatic hydroxyl groups is 1. The lowest BCUT2D eigenvalue weighted by Crippen LogP contribution is -2.15. The number of nitrogens with zero attached hydrogens (tertiary/aromatic N) is 2. The zero-order chi connectivity index (χ0) is 23.1. The molecule has 0 fully saturated rings. The molecule has 2 N–H and O–H groups in total. The van der Waals surface area contributed by atoms with Crippen LogP contribution in [-0.2, 0) is 0 Å². The van der Waals surface area contributed by atoms with Gasteiger partial charge in [-0.05, 0) is 42.3 Å². The minimum atomic E-state index is -0.519. The molecule has 2 heterocycles. The number of aliphatic imine (C=N–C) groups is 1. The fourth-order valence-corrected chi connectivity index (χ4v) is 4.18. The van der Waals surface area contributed by atoms with Gasteiger partial charge in [-0.15, -0.1) is 0 Å². The van der Waals surface area contributed by atoms with Gasteiger partial charge in [0.1, 0.15) is 5.75 Å². The Morgan fingerprint density at radius 1 is 1.12 bits per heavy atom. The third-order valence-corrected chi connectivity index (χ3v) is 5.76. The van der Waals surface area contributed by atoms with Crippen LogP contribution in [0.15, 0.2) is 80.9 Å². The molecule has 0 saturated heterocycles. The van der Waals surface area contributed by atoms with E-state index >= 15 is 0 Å². The fourth-order valence-electron chi connectivity index (χ4n) is 4.18.